The lowest BCUT2D eigenvalue weighted by atomic mass is 9.92. The van der Waals surface area contributed by atoms with E-state index in [9.17, 15) is 0 Å². The summed E-state index contributed by atoms with van der Waals surface area (Å²) in [6.45, 7) is 9.37. The number of hydrogen-bond donors (Lipinski definition) is 0. The van der Waals surface area contributed by atoms with Crippen LogP contribution in [0, 0.1) is 11.8 Å². The Balaban J connectivity index is 3.60. The quantitative estimate of drug-likeness (QED) is 0.330. The third kappa shape index (κ3) is 6.79. The minimum absolute atomic E-state index is 0.400. The SMILES string of the molecule is C=CCCC(COCOC)C(C)C. The molecule has 13 heavy (non-hydrogen) atoms. The van der Waals surface area contributed by atoms with Gasteiger partial charge in [0.1, 0.15) is 6.79 Å². The van der Waals surface area contributed by atoms with Crippen LogP contribution >= 0.6 is 0 Å². The molecule has 0 heterocycles. The Morgan fingerprint density at radius 3 is 2.54 bits per heavy atom. The lowest BCUT2D eigenvalue weighted by Crippen LogP contribution is -2.16. The first-order chi connectivity index (χ1) is 6.22. The second-order valence-corrected chi connectivity index (χ2v) is 3.65. The van der Waals surface area contributed by atoms with Crippen LogP contribution in [0.4, 0.5) is 0 Å². The van der Waals surface area contributed by atoms with Crippen LogP contribution in [0.15, 0.2) is 12.7 Å². The Morgan fingerprint density at radius 2 is 2.08 bits per heavy atom. The van der Waals surface area contributed by atoms with Gasteiger partial charge in [0, 0.05) is 7.11 Å². The van der Waals surface area contributed by atoms with Gasteiger partial charge in [-0.15, -0.1) is 6.58 Å². The maximum absolute atomic E-state index is 5.35. The summed E-state index contributed by atoms with van der Waals surface area (Å²) in [6, 6.07) is 0. The van der Waals surface area contributed by atoms with Gasteiger partial charge in [-0.05, 0) is 24.7 Å². The van der Waals surface area contributed by atoms with Gasteiger partial charge in [-0.3, -0.25) is 0 Å². The van der Waals surface area contributed by atoms with Gasteiger partial charge < -0.3 is 9.47 Å². The largest absolute Gasteiger partial charge is 0.359 e. The molecule has 0 aromatic heterocycles. The third-order valence-electron chi connectivity index (χ3n) is 2.22. The molecule has 0 N–H and O–H groups in total. The van der Waals surface area contributed by atoms with E-state index < -0.39 is 0 Å². The molecule has 1 atom stereocenters. The molecular weight excluding hydrogens is 164 g/mol. The van der Waals surface area contributed by atoms with E-state index in [-0.39, 0.29) is 0 Å². The molecule has 0 fully saturated rings. The lowest BCUT2D eigenvalue weighted by Gasteiger charge is -2.19. The van der Waals surface area contributed by atoms with Crippen molar-refractivity contribution >= 4 is 0 Å². The summed E-state index contributed by atoms with van der Waals surface area (Å²) in [7, 11) is 1.65. The summed E-state index contributed by atoms with van der Waals surface area (Å²) in [5.41, 5.74) is 0. The highest BCUT2D eigenvalue weighted by Gasteiger charge is 2.12. The maximum Gasteiger partial charge on any atom is 0.146 e. The number of hydrogen-bond acceptors (Lipinski definition) is 2. The number of allylic oxidation sites excluding steroid dienone is 1. The Morgan fingerprint density at radius 1 is 1.38 bits per heavy atom. The molecule has 0 aliphatic rings. The smallest absolute Gasteiger partial charge is 0.146 e. The van der Waals surface area contributed by atoms with E-state index in [4.69, 9.17) is 9.47 Å². The molecule has 0 aliphatic carbocycles. The Kier molecular flexibility index (Phi) is 8.05. The summed E-state index contributed by atoms with van der Waals surface area (Å²) in [4.78, 5) is 0. The fourth-order valence-electron chi connectivity index (χ4n) is 1.22. The molecule has 78 valence electrons. The van der Waals surface area contributed by atoms with E-state index in [0.29, 0.717) is 18.6 Å². The molecule has 2 nitrogen and oxygen atoms in total. The molecule has 0 rings (SSSR count). The van der Waals surface area contributed by atoms with E-state index in [1.165, 1.54) is 0 Å². The number of rotatable bonds is 8. The topological polar surface area (TPSA) is 18.5 Å². The molecule has 0 radical (unpaired) electrons. The predicted octanol–water partition coefficient (Wildman–Crippen LogP) is 2.85. The van der Waals surface area contributed by atoms with Crippen molar-refractivity contribution in [2.75, 3.05) is 20.5 Å². The van der Waals surface area contributed by atoms with Gasteiger partial charge in [0.05, 0.1) is 6.61 Å². The summed E-state index contributed by atoms with van der Waals surface area (Å²) in [5.74, 6) is 1.28. The van der Waals surface area contributed by atoms with Crippen molar-refractivity contribution < 1.29 is 9.47 Å². The second kappa shape index (κ2) is 8.27. The number of ether oxygens (including phenoxy) is 2. The fraction of sp³-hybridized carbons (Fsp3) is 0.818. The summed E-state index contributed by atoms with van der Waals surface area (Å²) in [6.07, 6.45) is 4.19. The zero-order valence-electron chi connectivity index (χ0n) is 9.08. The van der Waals surface area contributed by atoms with Gasteiger partial charge in [0.25, 0.3) is 0 Å². The first kappa shape index (κ1) is 12.7. The van der Waals surface area contributed by atoms with E-state index in [2.05, 4.69) is 20.4 Å². The Bertz CT molecular complexity index is 121. The van der Waals surface area contributed by atoms with Gasteiger partial charge in [0.2, 0.25) is 0 Å². The minimum Gasteiger partial charge on any atom is -0.359 e. The van der Waals surface area contributed by atoms with Crippen LogP contribution in [0.3, 0.4) is 0 Å². The molecular formula is C11H22O2. The van der Waals surface area contributed by atoms with E-state index in [0.717, 1.165) is 19.4 Å². The van der Waals surface area contributed by atoms with Gasteiger partial charge >= 0.3 is 0 Å². The maximum atomic E-state index is 5.35. The van der Waals surface area contributed by atoms with Gasteiger partial charge in [-0.1, -0.05) is 19.9 Å². The van der Waals surface area contributed by atoms with Crippen LogP contribution < -0.4 is 0 Å². The third-order valence-corrected chi connectivity index (χ3v) is 2.22. The van der Waals surface area contributed by atoms with Crippen molar-refractivity contribution in [3.8, 4) is 0 Å². The van der Waals surface area contributed by atoms with E-state index >= 15 is 0 Å². The molecule has 0 aliphatic heterocycles. The number of methoxy groups -OCH3 is 1. The highest BCUT2D eigenvalue weighted by molar-refractivity contribution is 4.71. The molecule has 0 aromatic rings. The predicted molar refractivity (Wildman–Crippen MR) is 55.6 cm³/mol. The van der Waals surface area contributed by atoms with Crippen LogP contribution in [0.25, 0.3) is 0 Å². The van der Waals surface area contributed by atoms with Crippen LogP contribution in [0.5, 0.6) is 0 Å². The Labute approximate surface area is 81.9 Å². The fourth-order valence-corrected chi connectivity index (χ4v) is 1.22. The highest BCUT2D eigenvalue weighted by atomic mass is 16.7. The minimum atomic E-state index is 0.400. The Hall–Kier alpha value is -0.340. The molecule has 0 amide bonds. The monoisotopic (exact) mass is 186 g/mol. The van der Waals surface area contributed by atoms with Crippen LogP contribution in [-0.4, -0.2) is 20.5 Å². The first-order valence-electron chi connectivity index (χ1n) is 4.90. The molecule has 1 unspecified atom stereocenters. The van der Waals surface area contributed by atoms with Gasteiger partial charge in [0.15, 0.2) is 0 Å². The van der Waals surface area contributed by atoms with Crippen molar-refractivity contribution in [3.63, 3.8) is 0 Å². The van der Waals surface area contributed by atoms with Crippen molar-refractivity contribution in [2.24, 2.45) is 11.8 Å². The van der Waals surface area contributed by atoms with Crippen molar-refractivity contribution in [1.29, 1.82) is 0 Å². The van der Waals surface area contributed by atoms with Crippen molar-refractivity contribution in [1.82, 2.24) is 0 Å². The van der Waals surface area contributed by atoms with Crippen LogP contribution in [-0.2, 0) is 9.47 Å². The average molecular weight is 186 g/mol. The highest BCUT2D eigenvalue weighted by Crippen LogP contribution is 2.17. The summed E-state index contributed by atoms with van der Waals surface area (Å²) in [5, 5.41) is 0. The van der Waals surface area contributed by atoms with Crippen LogP contribution in [0.1, 0.15) is 26.7 Å². The van der Waals surface area contributed by atoms with Crippen molar-refractivity contribution in [3.05, 3.63) is 12.7 Å². The van der Waals surface area contributed by atoms with Gasteiger partial charge in [-0.25, -0.2) is 0 Å². The molecule has 0 spiro atoms. The second-order valence-electron chi connectivity index (χ2n) is 3.65. The van der Waals surface area contributed by atoms with E-state index in [1.54, 1.807) is 7.11 Å². The molecule has 0 bridgehead atoms. The summed E-state index contributed by atoms with van der Waals surface area (Å²) < 4.78 is 10.2. The molecule has 2 heteroatoms. The summed E-state index contributed by atoms with van der Waals surface area (Å²) >= 11 is 0. The van der Waals surface area contributed by atoms with Gasteiger partial charge in [-0.2, -0.15) is 0 Å². The zero-order chi connectivity index (χ0) is 10.1. The van der Waals surface area contributed by atoms with Crippen LogP contribution in [0.2, 0.25) is 0 Å². The first-order valence-corrected chi connectivity index (χ1v) is 4.90. The lowest BCUT2D eigenvalue weighted by molar-refractivity contribution is -0.0492. The van der Waals surface area contributed by atoms with Crippen molar-refractivity contribution in [2.45, 2.75) is 26.7 Å². The molecule has 0 aromatic carbocycles. The normalized spacial score (nSPS) is 13.2. The standard InChI is InChI=1S/C11H22O2/c1-5-6-7-11(10(2)3)8-13-9-12-4/h5,10-11H,1,6-9H2,2-4H3. The molecule has 0 saturated heterocycles. The molecule has 0 saturated carbocycles. The average Bonchev–Trinajstić information content (AvgIpc) is 2.10. The zero-order valence-corrected chi connectivity index (χ0v) is 9.08. The van der Waals surface area contributed by atoms with E-state index in [1.807, 2.05) is 6.08 Å².